The highest BCUT2D eigenvalue weighted by Crippen LogP contribution is 2.31. The average molecular weight is 433 g/mol. The number of hydrogen-bond donors (Lipinski definition) is 0. The number of piperazine rings is 1. The lowest BCUT2D eigenvalue weighted by Gasteiger charge is -2.34. The topological polar surface area (TPSA) is 69.6 Å². The van der Waals surface area contributed by atoms with Gasteiger partial charge in [-0.25, -0.2) is 17.8 Å². The van der Waals surface area contributed by atoms with E-state index >= 15 is 0 Å². The van der Waals surface area contributed by atoms with Crippen LogP contribution in [0.2, 0.25) is 0 Å². The smallest absolute Gasteiger partial charge is 0.363 e. The van der Waals surface area contributed by atoms with Crippen LogP contribution in [0.1, 0.15) is 5.69 Å². The van der Waals surface area contributed by atoms with E-state index in [1.165, 1.54) is 26.2 Å². The second-order valence-corrected chi connectivity index (χ2v) is 8.59. The zero-order valence-electron chi connectivity index (χ0n) is 15.7. The summed E-state index contributed by atoms with van der Waals surface area (Å²) >= 11 is 0. The number of hydrogen-bond acceptors (Lipinski definition) is 6. The van der Waals surface area contributed by atoms with Crippen LogP contribution in [0.15, 0.2) is 35.2 Å². The molecule has 1 aliphatic heterocycles. The maximum absolute atomic E-state index is 13.4. The molecule has 1 aromatic carbocycles. The largest absolute Gasteiger partial charge is 0.433 e. The molecular weight excluding hydrogens is 414 g/mol. The van der Waals surface area contributed by atoms with E-state index in [1.54, 1.807) is 14.1 Å². The fraction of sp³-hybridized carbons (Fsp3) is 0.412. The number of benzene rings is 1. The Hall–Kier alpha value is -2.47. The van der Waals surface area contributed by atoms with Gasteiger partial charge < -0.3 is 9.80 Å². The Bertz CT molecular complexity index is 990. The lowest BCUT2D eigenvalue weighted by Crippen LogP contribution is -2.49. The van der Waals surface area contributed by atoms with Gasteiger partial charge in [0.05, 0.1) is 4.90 Å². The van der Waals surface area contributed by atoms with E-state index in [1.807, 2.05) is 0 Å². The number of halogens is 4. The van der Waals surface area contributed by atoms with Crippen molar-refractivity contribution in [3.63, 3.8) is 0 Å². The molecule has 0 bridgehead atoms. The Kier molecular flexibility index (Phi) is 5.68. The third-order valence-corrected chi connectivity index (χ3v) is 6.30. The lowest BCUT2D eigenvalue weighted by atomic mass is 10.3. The molecular formula is C17H19F4N5O2S. The van der Waals surface area contributed by atoms with Gasteiger partial charge in [0.15, 0.2) is 5.69 Å². The van der Waals surface area contributed by atoms with Gasteiger partial charge in [0, 0.05) is 46.3 Å². The zero-order valence-corrected chi connectivity index (χ0v) is 16.5. The van der Waals surface area contributed by atoms with Gasteiger partial charge in [0.25, 0.3) is 0 Å². The van der Waals surface area contributed by atoms with Crippen LogP contribution < -0.4 is 9.80 Å². The van der Waals surface area contributed by atoms with Gasteiger partial charge in [-0.05, 0) is 18.2 Å². The highest BCUT2D eigenvalue weighted by molar-refractivity contribution is 7.89. The standard InChI is InChI=1S/C17H19F4N5O2S/c1-24(2)15-11-14(17(19,20)21)22-16(23-15)25-6-8-26(9-7-25)29(27,28)13-5-3-4-12(18)10-13/h3-5,10-11H,6-9H2,1-2H3. The number of anilines is 2. The van der Waals surface area contributed by atoms with E-state index in [-0.39, 0.29) is 42.8 Å². The average Bonchev–Trinajstić information content (AvgIpc) is 2.67. The Balaban J connectivity index is 1.81. The molecule has 0 atom stereocenters. The molecule has 1 fully saturated rings. The summed E-state index contributed by atoms with van der Waals surface area (Å²) in [4.78, 5) is 10.5. The molecule has 1 aromatic heterocycles. The fourth-order valence-electron chi connectivity index (χ4n) is 2.84. The minimum absolute atomic E-state index is 0.00967. The van der Waals surface area contributed by atoms with Gasteiger partial charge in [0.1, 0.15) is 11.6 Å². The third-order valence-electron chi connectivity index (χ3n) is 4.40. The Morgan fingerprint density at radius 2 is 1.69 bits per heavy atom. The molecule has 29 heavy (non-hydrogen) atoms. The highest BCUT2D eigenvalue weighted by atomic mass is 32.2. The first kappa shape index (κ1) is 21.2. The van der Waals surface area contributed by atoms with Crippen molar-refractivity contribution in [1.29, 1.82) is 0 Å². The van der Waals surface area contributed by atoms with E-state index in [4.69, 9.17) is 0 Å². The second kappa shape index (κ2) is 7.75. The monoisotopic (exact) mass is 433 g/mol. The van der Waals surface area contributed by atoms with Crippen molar-refractivity contribution in [2.45, 2.75) is 11.1 Å². The van der Waals surface area contributed by atoms with Gasteiger partial charge >= 0.3 is 6.18 Å². The molecule has 0 saturated carbocycles. The summed E-state index contributed by atoms with van der Waals surface area (Å²) in [5.41, 5.74) is -1.07. The zero-order chi connectivity index (χ0) is 21.4. The van der Waals surface area contributed by atoms with Crippen LogP contribution >= 0.6 is 0 Å². The summed E-state index contributed by atoms with van der Waals surface area (Å²) in [6.45, 7) is 0.219. The van der Waals surface area contributed by atoms with Crippen molar-refractivity contribution in [2.24, 2.45) is 0 Å². The van der Waals surface area contributed by atoms with Gasteiger partial charge in [-0.3, -0.25) is 0 Å². The molecule has 7 nitrogen and oxygen atoms in total. The fourth-order valence-corrected chi connectivity index (χ4v) is 4.30. The molecule has 0 N–H and O–H groups in total. The molecule has 12 heteroatoms. The minimum Gasteiger partial charge on any atom is -0.363 e. The third kappa shape index (κ3) is 4.58. The van der Waals surface area contributed by atoms with Crippen molar-refractivity contribution in [1.82, 2.24) is 14.3 Å². The number of sulfonamides is 1. The molecule has 158 valence electrons. The molecule has 0 amide bonds. The van der Waals surface area contributed by atoms with Gasteiger partial charge in [-0.15, -0.1) is 0 Å². The molecule has 2 aromatic rings. The molecule has 3 rings (SSSR count). The van der Waals surface area contributed by atoms with Crippen molar-refractivity contribution >= 4 is 21.8 Å². The van der Waals surface area contributed by atoms with E-state index in [0.717, 1.165) is 18.2 Å². The summed E-state index contributed by atoms with van der Waals surface area (Å²) in [6, 6.07) is 5.53. The molecule has 0 unspecified atom stereocenters. The summed E-state index contributed by atoms with van der Waals surface area (Å²) < 4.78 is 79.4. The van der Waals surface area contributed by atoms with Crippen LogP contribution in [0.25, 0.3) is 0 Å². The molecule has 0 spiro atoms. The summed E-state index contributed by atoms with van der Waals surface area (Å²) in [6.07, 6.45) is -4.63. The molecule has 0 aliphatic carbocycles. The summed E-state index contributed by atoms with van der Waals surface area (Å²) in [7, 11) is -0.775. The predicted molar refractivity (Wildman–Crippen MR) is 98.7 cm³/mol. The SMILES string of the molecule is CN(C)c1cc(C(F)(F)F)nc(N2CCN(S(=O)(=O)c3cccc(F)c3)CC2)n1. The normalized spacial score (nSPS) is 16.1. The van der Waals surface area contributed by atoms with Crippen LogP contribution in [0, 0.1) is 5.82 Å². The van der Waals surface area contributed by atoms with Crippen molar-refractivity contribution in [3.8, 4) is 0 Å². The first-order chi connectivity index (χ1) is 13.5. The number of rotatable bonds is 4. The first-order valence-corrected chi connectivity index (χ1v) is 10.1. The van der Waals surface area contributed by atoms with E-state index in [2.05, 4.69) is 9.97 Å². The number of aromatic nitrogens is 2. The highest BCUT2D eigenvalue weighted by Gasteiger charge is 2.35. The summed E-state index contributed by atoms with van der Waals surface area (Å²) in [5.74, 6) is -0.693. The van der Waals surface area contributed by atoms with Crippen LogP contribution in [0.5, 0.6) is 0 Å². The molecule has 1 saturated heterocycles. The Morgan fingerprint density at radius 1 is 1.03 bits per heavy atom. The Labute approximate surface area is 165 Å². The first-order valence-electron chi connectivity index (χ1n) is 8.63. The van der Waals surface area contributed by atoms with Gasteiger partial charge in [-0.2, -0.15) is 22.5 Å². The van der Waals surface area contributed by atoms with Crippen molar-refractivity contribution in [3.05, 3.63) is 41.8 Å². The minimum atomic E-state index is -4.63. The van der Waals surface area contributed by atoms with Gasteiger partial charge in [-0.1, -0.05) is 6.07 Å². The van der Waals surface area contributed by atoms with E-state index in [0.29, 0.717) is 0 Å². The van der Waals surface area contributed by atoms with Crippen molar-refractivity contribution < 1.29 is 26.0 Å². The quantitative estimate of drug-likeness (QED) is 0.689. The lowest BCUT2D eigenvalue weighted by molar-refractivity contribution is -0.141. The Morgan fingerprint density at radius 3 is 2.24 bits per heavy atom. The van der Waals surface area contributed by atoms with E-state index < -0.39 is 27.7 Å². The second-order valence-electron chi connectivity index (χ2n) is 6.65. The number of nitrogens with zero attached hydrogens (tertiary/aromatic N) is 5. The van der Waals surface area contributed by atoms with Crippen LogP contribution in [0.4, 0.5) is 29.3 Å². The predicted octanol–water partition coefficient (Wildman–Crippen LogP) is 2.21. The van der Waals surface area contributed by atoms with Crippen LogP contribution in [-0.4, -0.2) is 63.0 Å². The van der Waals surface area contributed by atoms with Crippen LogP contribution in [-0.2, 0) is 16.2 Å². The summed E-state index contributed by atoms with van der Waals surface area (Å²) in [5, 5.41) is 0. The molecule has 2 heterocycles. The van der Waals surface area contributed by atoms with Gasteiger partial charge in [0.2, 0.25) is 16.0 Å². The van der Waals surface area contributed by atoms with E-state index in [9.17, 15) is 26.0 Å². The molecule has 1 aliphatic rings. The molecule has 0 radical (unpaired) electrons. The van der Waals surface area contributed by atoms with Crippen LogP contribution in [0.3, 0.4) is 0 Å². The maximum atomic E-state index is 13.4. The maximum Gasteiger partial charge on any atom is 0.433 e. The van der Waals surface area contributed by atoms with Crippen molar-refractivity contribution in [2.75, 3.05) is 50.1 Å². The number of alkyl halides is 3.